The van der Waals surface area contributed by atoms with Crippen molar-refractivity contribution in [2.45, 2.75) is 282 Å². The number of ketones is 1. The quantitative estimate of drug-likeness (QED) is 0.00512. The van der Waals surface area contributed by atoms with Gasteiger partial charge in [-0.2, -0.15) is 0 Å². The Morgan fingerprint density at radius 3 is 1.70 bits per heavy atom. The molecule has 8 fully saturated rings. The third kappa shape index (κ3) is 36.4. The second kappa shape index (κ2) is 53.7. The monoisotopic (exact) mass is 1990 g/mol. The first-order chi connectivity index (χ1) is 65.3. The van der Waals surface area contributed by atoms with E-state index in [1.54, 1.807) is 31.4 Å². The number of Topliss-reactive ketones (excluding diaryl/α,β-unsaturated/α-hetero) is 1. The number of carbonyl (C=O) groups is 4. The Morgan fingerprint density at radius 1 is 0.518 bits per heavy atom. The molecule has 7 aromatic carbocycles. The molecule has 0 spiro atoms. The number of hydrogen-bond acceptors (Lipinski definition) is 21. The third-order valence-corrected chi connectivity index (χ3v) is 35.9. The highest BCUT2D eigenvalue weighted by molar-refractivity contribution is 7.98. The molecular formula is C111H161O21S5+5. The van der Waals surface area contributed by atoms with Gasteiger partial charge < -0.3 is 71.1 Å². The van der Waals surface area contributed by atoms with Gasteiger partial charge in [-0.15, -0.1) is 0 Å². The number of hydrogen-bond donors (Lipinski definition) is 0. The van der Waals surface area contributed by atoms with Gasteiger partial charge in [0.25, 0.3) is 0 Å². The van der Waals surface area contributed by atoms with Gasteiger partial charge >= 0.3 is 17.9 Å². The summed E-state index contributed by atoms with van der Waals surface area (Å²) < 4.78 is 86.4. The molecule has 26 heteroatoms. The van der Waals surface area contributed by atoms with Gasteiger partial charge in [0.05, 0.1) is 44.7 Å². The van der Waals surface area contributed by atoms with E-state index < -0.39 is 35.9 Å². The lowest BCUT2D eigenvalue weighted by atomic mass is 9.79. The summed E-state index contributed by atoms with van der Waals surface area (Å²) in [5.74, 6) is 14.5. The van der Waals surface area contributed by atoms with Gasteiger partial charge in [-0.3, -0.25) is 4.79 Å². The molecule has 0 amide bonds. The van der Waals surface area contributed by atoms with Crippen LogP contribution >= 0.6 is 0 Å². The molecule has 0 aromatic heterocycles. The van der Waals surface area contributed by atoms with Crippen LogP contribution < -0.4 is 23.7 Å². The average Bonchev–Trinajstić information content (AvgIpc) is 1.57. The van der Waals surface area contributed by atoms with Gasteiger partial charge in [0.1, 0.15) is 125 Å². The Kier molecular flexibility index (Phi) is 43.5. The Bertz CT molecular complexity index is 4800. The highest BCUT2D eigenvalue weighted by Gasteiger charge is 2.61. The number of ether oxygens (including phenoxy) is 15. The molecule has 756 valence electrons. The Labute approximate surface area is 833 Å². The van der Waals surface area contributed by atoms with Crippen LogP contribution in [-0.4, -0.2) is 216 Å². The van der Waals surface area contributed by atoms with E-state index in [0.29, 0.717) is 99.5 Å². The Morgan fingerprint density at radius 2 is 1.09 bits per heavy atom. The molecule has 5 saturated heterocycles. The standard InChI is InChI=1S/C26H41O5S.C25H33O3S.C21H31O5S.C20H27O4S.C19H29O4S/c1-25(2,3)17-27-19-29-20(16-30-31-18-26(4,5)6)15-28-23-13-14-24(32(7)8)22-12-10-9-11-21(22)23;1-25(2,19-10-4-3-5-11-19)28-24(26)18-27-22-14-15-23(29-16-8-9-17-29)21-13-7-6-12-20(21)22;1-15(2)21(25-16(3)4)26-20(23)13-24-18-9-7-17(8-10-18)19(22)14-27-11-5-6-12-27;1-20(2)23-18-13-10-16(19(18)24-20)17(11-13)22-14-4-3-5-15(12-14)25-8-6-21-7-9-25;1-19(2,3)13-18(21-4)23-17(20)14-22-15-7-9-16(10-8-15)24-11-5-6-12-24/h9-14,20H,15-19H2,1-8H3;6-7,12-15,19H,3-5,8-11,16-18H2,1-2H3;7-10,15-16,21H,5-6,11-14H2,1-4H3;3-5,12-13,16-19H,6-11H2,1-2H3;7-10,18H,5-6,11-14H2,1-4H3/q5*+1. The minimum absolute atomic E-state index is 0.0264. The molecule has 3 saturated carbocycles. The van der Waals surface area contributed by atoms with E-state index in [1.165, 1.54) is 129 Å². The zero-order valence-corrected chi connectivity index (χ0v) is 89.7. The number of esters is 3. The van der Waals surface area contributed by atoms with Gasteiger partial charge in [-0.1, -0.05) is 138 Å². The van der Waals surface area contributed by atoms with Crippen LogP contribution in [0, 0.1) is 39.9 Å². The van der Waals surface area contributed by atoms with E-state index in [1.807, 2.05) is 85.7 Å². The molecule has 8 aliphatic rings. The van der Waals surface area contributed by atoms with E-state index in [2.05, 4.69) is 166 Å². The maximum atomic E-state index is 12.5. The highest BCUT2D eigenvalue weighted by atomic mass is 32.2. The van der Waals surface area contributed by atoms with Crippen LogP contribution in [0.4, 0.5) is 0 Å². The molecular weight excluding hydrogens is 1830 g/mol. The fraction of sp³-hybridized carbons (Fsp3) is 0.622. The summed E-state index contributed by atoms with van der Waals surface area (Å²) in [5.41, 5.74) is 0.420. The SMILES string of the molecule is CC(C)(OC(=O)COc1ccc([S+]2CCCC2)c2ccccc12)C1CCCCC1.CC(C)OC(OC(=O)COc1ccc(C(=O)C[S+]2CCCC2)cc1)C(C)C.CC1(C)OC2C3CC(Oc4cccc([S+]5CCOCC5)c4)C(C3)C2O1.COC(CC(C)(C)C)OC(=O)COc1ccc([S+]2CCCC2)cc1.C[S+](C)c1ccc(OCC(COOCC(C)(C)C)OCOCC(C)(C)C)c2ccccc12. The molecule has 7 aromatic rings. The fourth-order valence-corrected chi connectivity index (χ4v) is 28.0. The first-order valence-electron chi connectivity index (χ1n) is 49.8. The zero-order chi connectivity index (χ0) is 98.5. The van der Waals surface area contributed by atoms with Crippen molar-refractivity contribution in [3.63, 3.8) is 0 Å². The summed E-state index contributed by atoms with van der Waals surface area (Å²) in [5, 5.41) is 4.71. The molecule has 2 bridgehead atoms. The smallest absolute Gasteiger partial charge is 0.346 e. The number of fused-ring (bicyclic) bond motifs is 7. The zero-order valence-electron chi connectivity index (χ0n) is 85.7. The van der Waals surface area contributed by atoms with Gasteiger partial charge in [0.2, 0.25) is 18.4 Å². The minimum atomic E-state index is -0.586. The minimum Gasteiger partial charge on any atom is -0.490 e. The predicted molar refractivity (Wildman–Crippen MR) is 557 cm³/mol. The van der Waals surface area contributed by atoms with E-state index in [0.717, 1.165) is 72.0 Å². The first kappa shape index (κ1) is 111. The largest absolute Gasteiger partial charge is 0.490 e. The van der Waals surface area contributed by atoms with Crippen LogP contribution in [0.1, 0.15) is 218 Å². The van der Waals surface area contributed by atoms with Crippen molar-refractivity contribution in [1.29, 1.82) is 0 Å². The van der Waals surface area contributed by atoms with Gasteiger partial charge in [0, 0.05) is 102 Å². The first-order valence-corrected chi connectivity index (χ1v) is 58.2. The van der Waals surface area contributed by atoms with Crippen LogP contribution in [0.5, 0.6) is 28.7 Å². The number of carbonyl (C=O) groups excluding carboxylic acids is 4. The molecule has 8 unspecified atom stereocenters. The maximum Gasteiger partial charge on any atom is 0.346 e. The van der Waals surface area contributed by atoms with Crippen molar-refractivity contribution >= 4 is 99.7 Å². The molecule has 21 nitrogen and oxygen atoms in total. The van der Waals surface area contributed by atoms with Crippen molar-refractivity contribution in [3.05, 3.63) is 151 Å². The molecule has 5 aliphatic heterocycles. The van der Waals surface area contributed by atoms with Crippen LogP contribution in [-0.2, 0) is 126 Å². The van der Waals surface area contributed by atoms with Crippen LogP contribution in [0.15, 0.2) is 165 Å². The molecule has 0 radical (unpaired) electrons. The van der Waals surface area contributed by atoms with Gasteiger partial charge in [-0.25, -0.2) is 24.2 Å². The summed E-state index contributed by atoms with van der Waals surface area (Å²) >= 11 is 0. The lowest BCUT2D eigenvalue weighted by molar-refractivity contribution is -0.322. The van der Waals surface area contributed by atoms with Crippen molar-refractivity contribution in [2.24, 2.45) is 39.9 Å². The summed E-state index contributed by atoms with van der Waals surface area (Å²) in [6.45, 7) is 38.1. The lowest BCUT2D eigenvalue weighted by Crippen LogP contribution is -2.39. The third-order valence-electron chi connectivity index (χ3n) is 25.0. The second-order valence-corrected chi connectivity index (χ2v) is 53.6. The molecule has 5 heterocycles. The van der Waals surface area contributed by atoms with E-state index in [4.69, 9.17) is 80.8 Å². The summed E-state index contributed by atoms with van der Waals surface area (Å²) in [6.07, 6.45) is 20.6. The molecule has 3 aliphatic carbocycles. The summed E-state index contributed by atoms with van der Waals surface area (Å²) in [7, 11) is 3.04. The molecule has 15 rings (SSSR count). The summed E-state index contributed by atoms with van der Waals surface area (Å²) in [4.78, 5) is 65.2. The Balaban J connectivity index is 0.000000165. The van der Waals surface area contributed by atoms with Crippen LogP contribution in [0.2, 0.25) is 0 Å². The average molecular weight is 1990 g/mol. The predicted octanol–water partition coefficient (Wildman–Crippen LogP) is 22.1. The topological polar surface area (TPSA) is 225 Å². The molecule has 137 heavy (non-hydrogen) atoms. The Hall–Kier alpha value is -6.47. The van der Waals surface area contributed by atoms with Crippen molar-refractivity contribution in [2.75, 3.05) is 138 Å². The van der Waals surface area contributed by atoms with E-state index in [9.17, 15) is 19.2 Å². The second-order valence-electron chi connectivity index (χ2n) is 42.4. The normalized spacial score (nSPS) is 20.5. The van der Waals surface area contributed by atoms with Crippen molar-refractivity contribution < 1.29 is 100 Å². The van der Waals surface area contributed by atoms with E-state index >= 15 is 0 Å². The van der Waals surface area contributed by atoms with Gasteiger partial charge in [0.15, 0.2) is 50.9 Å². The maximum absolute atomic E-state index is 12.5. The van der Waals surface area contributed by atoms with Gasteiger partial charge in [-0.05, 0) is 242 Å². The van der Waals surface area contributed by atoms with Crippen LogP contribution in [0.25, 0.3) is 21.5 Å². The highest BCUT2D eigenvalue weighted by Crippen LogP contribution is 2.54. The van der Waals surface area contributed by atoms with E-state index in [-0.39, 0.29) is 119 Å². The number of rotatable bonds is 38. The lowest BCUT2D eigenvalue weighted by Gasteiger charge is -2.36. The van der Waals surface area contributed by atoms with Crippen molar-refractivity contribution in [3.8, 4) is 28.7 Å². The number of methoxy groups -OCH3 is 1. The fourth-order valence-electron chi connectivity index (χ4n) is 18.1. The van der Waals surface area contributed by atoms with Crippen molar-refractivity contribution in [1.82, 2.24) is 0 Å². The van der Waals surface area contributed by atoms with Crippen LogP contribution in [0.3, 0.4) is 0 Å². The number of benzene rings is 7. The summed E-state index contributed by atoms with van der Waals surface area (Å²) in [6, 6.07) is 49.1. The molecule has 8 atom stereocenters. The molecule has 0 N–H and O–H groups in total.